The predicted molar refractivity (Wildman–Crippen MR) is 143 cm³/mol. The van der Waals surface area contributed by atoms with Crippen molar-refractivity contribution in [3.8, 4) is 11.1 Å². The molecular weight excluding hydrogens is 450 g/mol. The van der Waals surface area contributed by atoms with Gasteiger partial charge in [-0.25, -0.2) is 0 Å². The van der Waals surface area contributed by atoms with Crippen LogP contribution in [0.25, 0.3) is 21.9 Å². The van der Waals surface area contributed by atoms with Crippen LogP contribution in [0.15, 0.2) is 67.0 Å². The molecule has 4 aromatic rings. The minimum atomic E-state index is -0.238. The molecule has 2 atom stereocenters. The van der Waals surface area contributed by atoms with E-state index in [9.17, 15) is 9.59 Å². The van der Waals surface area contributed by atoms with E-state index in [-0.39, 0.29) is 23.9 Å². The van der Waals surface area contributed by atoms with Gasteiger partial charge in [0.15, 0.2) is 0 Å². The zero-order valence-corrected chi connectivity index (χ0v) is 20.6. The van der Waals surface area contributed by atoms with Gasteiger partial charge in [-0.15, -0.1) is 0 Å². The number of nitrogens with one attached hydrogen (secondary N) is 4. The predicted octanol–water partition coefficient (Wildman–Crippen LogP) is 5.11. The highest BCUT2D eigenvalue weighted by Gasteiger charge is 2.22. The van der Waals surface area contributed by atoms with Crippen molar-refractivity contribution >= 4 is 28.3 Å². The van der Waals surface area contributed by atoms with E-state index in [0.29, 0.717) is 11.3 Å². The van der Waals surface area contributed by atoms with Gasteiger partial charge in [0.25, 0.3) is 5.91 Å². The summed E-state index contributed by atoms with van der Waals surface area (Å²) in [6, 6.07) is 17.5. The Kier molecular flexibility index (Phi) is 6.82. The van der Waals surface area contributed by atoms with Gasteiger partial charge in [-0.05, 0) is 85.0 Å². The van der Waals surface area contributed by atoms with Crippen molar-refractivity contribution in [2.24, 2.45) is 0 Å². The number of H-pyrrole nitrogens is 1. The lowest BCUT2D eigenvalue weighted by molar-refractivity contribution is -0.118. The van der Waals surface area contributed by atoms with E-state index in [4.69, 9.17) is 0 Å². The number of benzene rings is 3. The molecule has 3 aromatic carbocycles. The van der Waals surface area contributed by atoms with E-state index in [0.717, 1.165) is 58.8 Å². The molecule has 184 valence electrons. The van der Waals surface area contributed by atoms with Crippen LogP contribution in [0.5, 0.6) is 0 Å². The minimum Gasteiger partial charge on any atom is -0.345 e. The van der Waals surface area contributed by atoms with Gasteiger partial charge in [0.2, 0.25) is 5.91 Å². The zero-order chi connectivity index (χ0) is 25.1. The molecule has 2 amide bonds. The van der Waals surface area contributed by atoms with Gasteiger partial charge in [-0.3, -0.25) is 14.7 Å². The number of piperidine rings is 1. The van der Waals surface area contributed by atoms with E-state index in [1.165, 1.54) is 0 Å². The van der Waals surface area contributed by atoms with Crippen LogP contribution in [0.4, 0.5) is 5.69 Å². The molecule has 7 nitrogen and oxygen atoms in total. The highest BCUT2D eigenvalue weighted by molar-refractivity contribution is 6.00. The first-order chi connectivity index (χ1) is 17.5. The minimum absolute atomic E-state index is 0.0548. The van der Waals surface area contributed by atoms with Crippen molar-refractivity contribution in [1.82, 2.24) is 20.8 Å². The molecule has 0 aliphatic carbocycles. The molecule has 2 heterocycles. The monoisotopic (exact) mass is 481 g/mol. The molecule has 0 spiro atoms. The number of hydrogen-bond donors (Lipinski definition) is 4. The number of anilines is 1. The maximum absolute atomic E-state index is 13.4. The summed E-state index contributed by atoms with van der Waals surface area (Å²) in [6.07, 6.45) is 6.62. The third-order valence-corrected chi connectivity index (χ3v) is 6.92. The highest BCUT2D eigenvalue weighted by atomic mass is 16.2. The van der Waals surface area contributed by atoms with Crippen molar-refractivity contribution < 1.29 is 9.59 Å². The average molecular weight is 482 g/mol. The Morgan fingerprint density at radius 3 is 2.69 bits per heavy atom. The molecule has 1 aliphatic rings. The van der Waals surface area contributed by atoms with E-state index in [1.807, 2.05) is 44.3 Å². The van der Waals surface area contributed by atoms with Crippen LogP contribution >= 0.6 is 0 Å². The Bertz CT molecular complexity index is 1390. The molecule has 0 bridgehead atoms. The van der Waals surface area contributed by atoms with Gasteiger partial charge >= 0.3 is 0 Å². The fourth-order valence-corrected chi connectivity index (χ4v) is 4.88. The summed E-state index contributed by atoms with van der Waals surface area (Å²) in [5, 5.41) is 18.6. The van der Waals surface area contributed by atoms with Gasteiger partial charge in [0.1, 0.15) is 0 Å². The molecule has 1 saturated heterocycles. The molecule has 0 radical (unpaired) electrons. The number of aromatic nitrogens is 2. The van der Waals surface area contributed by atoms with E-state index >= 15 is 0 Å². The number of aryl methyl sites for hydroxylation is 1. The fourth-order valence-electron chi connectivity index (χ4n) is 4.88. The van der Waals surface area contributed by atoms with Gasteiger partial charge in [-0.1, -0.05) is 36.8 Å². The van der Waals surface area contributed by atoms with Crippen LogP contribution in [-0.2, 0) is 4.79 Å². The molecule has 4 N–H and O–H groups in total. The largest absolute Gasteiger partial charge is 0.345 e. The SMILES string of the molecule is Cc1ccc(NC(=O)[C@H]2CCCCN2)cc1C(=O)NC(C)c1cc(-c2cn[nH]c2)cc2ccccc12. The summed E-state index contributed by atoms with van der Waals surface area (Å²) >= 11 is 0. The molecule has 5 rings (SSSR count). The van der Waals surface area contributed by atoms with Crippen molar-refractivity contribution in [3.63, 3.8) is 0 Å². The van der Waals surface area contributed by atoms with Crippen LogP contribution in [0, 0.1) is 6.92 Å². The van der Waals surface area contributed by atoms with Crippen LogP contribution in [0.3, 0.4) is 0 Å². The van der Waals surface area contributed by atoms with E-state index in [1.54, 1.807) is 12.3 Å². The Morgan fingerprint density at radius 2 is 1.92 bits per heavy atom. The number of nitrogens with zero attached hydrogens (tertiary/aromatic N) is 1. The first-order valence-corrected chi connectivity index (χ1v) is 12.5. The Labute approximate surface area is 210 Å². The molecule has 1 unspecified atom stereocenters. The van der Waals surface area contributed by atoms with E-state index in [2.05, 4.69) is 50.4 Å². The lowest BCUT2D eigenvalue weighted by Gasteiger charge is -2.23. The summed E-state index contributed by atoms with van der Waals surface area (Å²) in [6.45, 7) is 4.76. The molecule has 1 aromatic heterocycles. The Hall–Kier alpha value is -3.97. The third kappa shape index (κ3) is 5.02. The maximum atomic E-state index is 13.4. The number of hydrogen-bond acceptors (Lipinski definition) is 4. The fraction of sp³-hybridized carbons (Fsp3) is 0.276. The molecule has 0 saturated carbocycles. The molecule has 1 fully saturated rings. The lowest BCUT2D eigenvalue weighted by Crippen LogP contribution is -2.43. The number of rotatable bonds is 6. The standard InChI is InChI=1S/C29H31N5O2/c1-18-10-11-23(34-29(36)27-9-5-6-12-30-27)15-25(18)28(35)33-19(2)26-14-21(22-16-31-32-17-22)13-20-7-3-4-8-24(20)26/h3-4,7-8,10-11,13-17,19,27,30H,5-6,9,12H2,1-2H3,(H,31,32)(H,33,35)(H,34,36)/t19?,27-/m1/s1. The van der Waals surface area contributed by atoms with E-state index < -0.39 is 0 Å². The number of amides is 2. The first kappa shape index (κ1) is 23.8. The topological polar surface area (TPSA) is 98.9 Å². The quantitative estimate of drug-likeness (QED) is 0.308. The maximum Gasteiger partial charge on any atom is 0.252 e. The Balaban J connectivity index is 1.38. The van der Waals surface area contributed by atoms with Crippen molar-refractivity contribution in [3.05, 3.63) is 83.7 Å². The number of carbonyl (C=O) groups excluding carboxylic acids is 2. The molecule has 7 heteroatoms. The number of aromatic amines is 1. The van der Waals surface area contributed by atoms with Crippen LogP contribution in [-0.4, -0.2) is 34.6 Å². The number of fused-ring (bicyclic) bond motifs is 1. The summed E-state index contributed by atoms with van der Waals surface area (Å²) in [4.78, 5) is 26.1. The molecular formula is C29H31N5O2. The molecule has 1 aliphatic heterocycles. The lowest BCUT2D eigenvalue weighted by atomic mass is 9.94. The average Bonchev–Trinajstić information content (AvgIpc) is 3.45. The summed E-state index contributed by atoms with van der Waals surface area (Å²) < 4.78 is 0. The normalized spacial score (nSPS) is 16.4. The second-order valence-corrected chi connectivity index (χ2v) is 9.49. The first-order valence-electron chi connectivity index (χ1n) is 12.5. The highest BCUT2D eigenvalue weighted by Crippen LogP contribution is 2.31. The summed E-state index contributed by atoms with van der Waals surface area (Å²) in [5.74, 6) is -0.231. The van der Waals surface area contributed by atoms with Crippen molar-refractivity contribution in [2.45, 2.75) is 45.2 Å². The second-order valence-electron chi connectivity index (χ2n) is 9.49. The number of carbonyl (C=O) groups is 2. The van der Waals surface area contributed by atoms with Crippen LogP contribution in [0.1, 0.15) is 53.7 Å². The van der Waals surface area contributed by atoms with Gasteiger partial charge < -0.3 is 16.0 Å². The summed E-state index contributed by atoms with van der Waals surface area (Å²) in [5.41, 5.74) is 5.09. The summed E-state index contributed by atoms with van der Waals surface area (Å²) in [7, 11) is 0. The van der Waals surface area contributed by atoms with Gasteiger partial charge in [-0.2, -0.15) is 5.10 Å². The smallest absolute Gasteiger partial charge is 0.252 e. The van der Waals surface area contributed by atoms with Gasteiger partial charge in [0, 0.05) is 23.0 Å². The third-order valence-electron chi connectivity index (χ3n) is 6.92. The van der Waals surface area contributed by atoms with Crippen molar-refractivity contribution in [2.75, 3.05) is 11.9 Å². The van der Waals surface area contributed by atoms with Crippen LogP contribution < -0.4 is 16.0 Å². The molecule has 36 heavy (non-hydrogen) atoms. The van der Waals surface area contributed by atoms with Crippen molar-refractivity contribution in [1.29, 1.82) is 0 Å². The van der Waals surface area contributed by atoms with Crippen LogP contribution in [0.2, 0.25) is 0 Å². The Morgan fingerprint density at radius 1 is 1.06 bits per heavy atom. The van der Waals surface area contributed by atoms with Gasteiger partial charge in [0.05, 0.1) is 18.3 Å². The zero-order valence-electron chi connectivity index (χ0n) is 20.6. The second kappa shape index (κ2) is 10.3.